The number of hydrogen-bond donors (Lipinski definition) is 1. The first-order valence-electron chi connectivity index (χ1n) is 8.75. The predicted molar refractivity (Wildman–Crippen MR) is 95.7 cm³/mol. The maximum Gasteiger partial charge on any atom is 0.0959 e. The summed E-state index contributed by atoms with van der Waals surface area (Å²) in [5, 5.41) is 1.36. The van der Waals surface area contributed by atoms with E-state index in [1.165, 1.54) is 34.7 Å². The molecule has 122 valence electrons. The third kappa shape index (κ3) is 3.21. The van der Waals surface area contributed by atoms with E-state index in [1.807, 2.05) is 11.3 Å². The van der Waals surface area contributed by atoms with Gasteiger partial charge >= 0.3 is 0 Å². The highest BCUT2D eigenvalue weighted by Crippen LogP contribution is 2.39. The minimum absolute atomic E-state index is 0.566. The SMILES string of the molecule is NC[C@@H]1CN(Cc2cnc(C3CCC3)s2)C[C@H]1c1ccccc1. The molecule has 2 N–H and O–H groups in total. The molecule has 0 amide bonds. The van der Waals surface area contributed by atoms with Crippen LogP contribution >= 0.6 is 11.3 Å². The molecule has 3 nitrogen and oxygen atoms in total. The smallest absolute Gasteiger partial charge is 0.0959 e. The molecule has 0 unspecified atom stereocenters. The van der Waals surface area contributed by atoms with Gasteiger partial charge in [0, 0.05) is 42.5 Å². The van der Waals surface area contributed by atoms with Crippen molar-refractivity contribution >= 4 is 11.3 Å². The van der Waals surface area contributed by atoms with Crippen LogP contribution in [0.2, 0.25) is 0 Å². The van der Waals surface area contributed by atoms with Gasteiger partial charge in [-0.1, -0.05) is 36.8 Å². The van der Waals surface area contributed by atoms with Gasteiger partial charge in [-0.25, -0.2) is 4.98 Å². The summed E-state index contributed by atoms with van der Waals surface area (Å²) in [5.41, 5.74) is 7.49. The zero-order chi connectivity index (χ0) is 15.6. The number of likely N-dealkylation sites (tertiary alicyclic amines) is 1. The number of hydrogen-bond acceptors (Lipinski definition) is 4. The monoisotopic (exact) mass is 327 g/mol. The summed E-state index contributed by atoms with van der Waals surface area (Å²) in [5.74, 6) is 1.89. The maximum absolute atomic E-state index is 6.05. The molecular weight excluding hydrogens is 302 g/mol. The standard InChI is InChI=1S/C19H25N3S/c20-9-16-11-22(13-18(16)14-5-2-1-3-6-14)12-17-10-21-19(23-17)15-7-4-8-15/h1-3,5-6,10,15-16,18H,4,7-9,11-13,20H2/t16-,18+/m1/s1. The van der Waals surface area contributed by atoms with Gasteiger partial charge in [0.2, 0.25) is 0 Å². The van der Waals surface area contributed by atoms with E-state index in [2.05, 4.69) is 46.4 Å². The van der Waals surface area contributed by atoms with Crippen molar-refractivity contribution in [2.45, 2.75) is 37.6 Å². The Kier molecular flexibility index (Phi) is 4.47. The molecule has 0 spiro atoms. The molecule has 2 heterocycles. The maximum atomic E-state index is 6.05. The van der Waals surface area contributed by atoms with Crippen molar-refractivity contribution in [3.63, 3.8) is 0 Å². The number of rotatable bonds is 5. The molecule has 1 aromatic carbocycles. The van der Waals surface area contributed by atoms with Crippen LogP contribution in [-0.2, 0) is 6.54 Å². The number of benzene rings is 1. The van der Waals surface area contributed by atoms with E-state index in [1.54, 1.807) is 0 Å². The van der Waals surface area contributed by atoms with Crippen molar-refractivity contribution in [2.24, 2.45) is 11.7 Å². The van der Waals surface area contributed by atoms with Crippen LogP contribution in [0.4, 0.5) is 0 Å². The molecule has 2 aromatic rings. The third-order valence-electron chi connectivity index (χ3n) is 5.45. The first-order valence-corrected chi connectivity index (χ1v) is 9.57. The zero-order valence-corrected chi connectivity index (χ0v) is 14.3. The molecule has 1 aliphatic heterocycles. The van der Waals surface area contributed by atoms with Crippen LogP contribution in [0.25, 0.3) is 0 Å². The highest BCUT2D eigenvalue weighted by Gasteiger charge is 2.33. The molecule has 1 aromatic heterocycles. The number of aromatic nitrogens is 1. The van der Waals surface area contributed by atoms with Crippen molar-refractivity contribution in [1.29, 1.82) is 0 Å². The van der Waals surface area contributed by atoms with Crippen molar-refractivity contribution in [3.05, 3.63) is 52.0 Å². The van der Waals surface area contributed by atoms with Crippen molar-refractivity contribution < 1.29 is 0 Å². The largest absolute Gasteiger partial charge is 0.330 e. The van der Waals surface area contributed by atoms with Crippen LogP contribution in [0.3, 0.4) is 0 Å². The first kappa shape index (κ1) is 15.3. The fourth-order valence-corrected chi connectivity index (χ4v) is 5.00. The van der Waals surface area contributed by atoms with Gasteiger partial charge in [-0.3, -0.25) is 4.90 Å². The van der Waals surface area contributed by atoms with Crippen LogP contribution in [0.5, 0.6) is 0 Å². The third-order valence-corrected chi connectivity index (χ3v) is 6.60. The Balaban J connectivity index is 1.43. The van der Waals surface area contributed by atoms with E-state index < -0.39 is 0 Å². The normalized spacial score (nSPS) is 25.6. The second kappa shape index (κ2) is 6.71. The summed E-state index contributed by atoms with van der Waals surface area (Å²) in [6, 6.07) is 10.9. The summed E-state index contributed by atoms with van der Waals surface area (Å²) < 4.78 is 0. The molecule has 0 bridgehead atoms. The van der Waals surface area contributed by atoms with Gasteiger partial charge in [0.1, 0.15) is 0 Å². The van der Waals surface area contributed by atoms with Gasteiger partial charge in [-0.15, -0.1) is 11.3 Å². The van der Waals surface area contributed by atoms with Gasteiger partial charge < -0.3 is 5.73 Å². The van der Waals surface area contributed by atoms with E-state index in [-0.39, 0.29) is 0 Å². The molecular formula is C19H25N3S. The molecule has 1 saturated carbocycles. The van der Waals surface area contributed by atoms with E-state index in [0.29, 0.717) is 11.8 Å². The Morgan fingerprint density at radius 2 is 2.00 bits per heavy atom. The molecule has 0 radical (unpaired) electrons. The van der Waals surface area contributed by atoms with Crippen LogP contribution in [-0.4, -0.2) is 29.5 Å². The minimum Gasteiger partial charge on any atom is -0.330 e. The summed E-state index contributed by atoms with van der Waals surface area (Å²) in [6.45, 7) is 4.02. The predicted octanol–water partition coefficient (Wildman–Crippen LogP) is 3.58. The second-order valence-corrected chi connectivity index (χ2v) is 8.15. The molecule has 4 rings (SSSR count). The zero-order valence-electron chi connectivity index (χ0n) is 13.5. The summed E-state index contributed by atoms with van der Waals surface area (Å²) >= 11 is 1.93. The fourth-order valence-electron chi connectivity index (χ4n) is 3.87. The van der Waals surface area contributed by atoms with Crippen molar-refractivity contribution in [1.82, 2.24) is 9.88 Å². The Labute approximate surface area is 142 Å². The molecule has 2 fully saturated rings. The average molecular weight is 327 g/mol. The lowest BCUT2D eigenvalue weighted by molar-refractivity contribution is 0.319. The van der Waals surface area contributed by atoms with Crippen molar-refractivity contribution in [3.8, 4) is 0 Å². The van der Waals surface area contributed by atoms with Crippen LogP contribution in [0, 0.1) is 5.92 Å². The van der Waals surface area contributed by atoms with Crippen molar-refractivity contribution in [2.75, 3.05) is 19.6 Å². The quantitative estimate of drug-likeness (QED) is 0.912. The summed E-state index contributed by atoms with van der Waals surface area (Å²) in [6.07, 6.45) is 6.15. The van der Waals surface area contributed by atoms with E-state index in [4.69, 9.17) is 5.73 Å². The molecule has 23 heavy (non-hydrogen) atoms. The molecule has 2 aliphatic rings. The van der Waals surface area contributed by atoms with Crippen LogP contribution < -0.4 is 5.73 Å². The first-order chi connectivity index (χ1) is 11.3. The highest BCUT2D eigenvalue weighted by molar-refractivity contribution is 7.11. The van der Waals surface area contributed by atoms with Crippen LogP contribution in [0.1, 0.15) is 46.5 Å². The van der Waals surface area contributed by atoms with Gasteiger partial charge in [-0.2, -0.15) is 0 Å². The van der Waals surface area contributed by atoms with E-state index in [9.17, 15) is 0 Å². The van der Waals surface area contributed by atoms with Gasteiger partial charge in [-0.05, 0) is 30.9 Å². The molecule has 2 atom stereocenters. The lowest BCUT2D eigenvalue weighted by Crippen LogP contribution is -2.22. The average Bonchev–Trinajstić information content (AvgIpc) is 3.14. The Morgan fingerprint density at radius 3 is 2.70 bits per heavy atom. The lowest BCUT2D eigenvalue weighted by atomic mass is 9.86. The highest BCUT2D eigenvalue weighted by atomic mass is 32.1. The number of thiazole rings is 1. The molecule has 1 saturated heterocycles. The summed E-state index contributed by atoms with van der Waals surface area (Å²) in [4.78, 5) is 8.64. The Hall–Kier alpha value is -1.23. The molecule has 1 aliphatic carbocycles. The summed E-state index contributed by atoms with van der Waals surface area (Å²) in [7, 11) is 0. The minimum atomic E-state index is 0.566. The van der Waals surface area contributed by atoms with E-state index >= 15 is 0 Å². The van der Waals surface area contributed by atoms with Gasteiger partial charge in [0.15, 0.2) is 0 Å². The molecule has 4 heteroatoms. The Morgan fingerprint density at radius 1 is 1.17 bits per heavy atom. The lowest BCUT2D eigenvalue weighted by Gasteiger charge is -2.22. The fraction of sp³-hybridized carbons (Fsp3) is 0.526. The van der Waals surface area contributed by atoms with Gasteiger partial charge in [0.25, 0.3) is 0 Å². The number of nitrogens with two attached hydrogens (primary N) is 1. The Bertz CT molecular complexity index is 635. The van der Waals surface area contributed by atoms with Crippen LogP contribution in [0.15, 0.2) is 36.5 Å². The second-order valence-electron chi connectivity index (χ2n) is 7.00. The van der Waals surface area contributed by atoms with Gasteiger partial charge in [0.05, 0.1) is 5.01 Å². The van der Waals surface area contributed by atoms with E-state index in [0.717, 1.165) is 32.1 Å². The number of nitrogens with zero attached hydrogens (tertiary/aromatic N) is 2. The topological polar surface area (TPSA) is 42.1 Å².